The van der Waals surface area contributed by atoms with E-state index in [0.29, 0.717) is 30.8 Å². The van der Waals surface area contributed by atoms with Crippen molar-refractivity contribution in [3.63, 3.8) is 0 Å². The van der Waals surface area contributed by atoms with Crippen molar-refractivity contribution in [1.82, 2.24) is 19.2 Å². The van der Waals surface area contributed by atoms with E-state index in [1.165, 1.54) is 5.52 Å². The van der Waals surface area contributed by atoms with Gasteiger partial charge in [-0.2, -0.15) is 0 Å². The Morgan fingerprint density at radius 2 is 2.19 bits per heavy atom. The quantitative estimate of drug-likeness (QED) is 0.888. The van der Waals surface area contributed by atoms with E-state index in [1.807, 2.05) is 6.07 Å². The van der Waals surface area contributed by atoms with Crippen molar-refractivity contribution in [2.75, 3.05) is 26.2 Å². The summed E-state index contributed by atoms with van der Waals surface area (Å²) in [7, 11) is 0. The fraction of sp³-hybridized carbons (Fsp3) is 0.600. The fourth-order valence-corrected chi connectivity index (χ4v) is 4.72. The summed E-state index contributed by atoms with van der Waals surface area (Å²) in [5, 5.41) is 0. The summed E-state index contributed by atoms with van der Waals surface area (Å²) in [6, 6.07) is 6.68. The lowest BCUT2D eigenvalue weighted by atomic mass is 9.83. The highest BCUT2D eigenvalue weighted by atomic mass is 16.2. The number of aryl methyl sites for hydroxylation is 1. The van der Waals surface area contributed by atoms with E-state index in [2.05, 4.69) is 39.5 Å². The first kappa shape index (κ1) is 17.5. The van der Waals surface area contributed by atoms with Gasteiger partial charge in [0.15, 0.2) is 0 Å². The van der Waals surface area contributed by atoms with E-state index >= 15 is 0 Å². The second-order valence-electron chi connectivity index (χ2n) is 7.68. The summed E-state index contributed by atoms with van der Waals surface area (Å²) in [6.45, 7) is 6.51. The van der Waals surface area contributed by atoms with Crippen LogP contribution in [0, 0.1) is 12.8 Å². The van der Waals surface area contributed by atoms with E-state index in [4.69, 9.17) is 10.7 Å². The molecule has 4 rings (SSSR count). The van der Waals surface area contributed by atoms with Crippen molar-refractivity contribution < 1.29 is 4.79 Å². The minimum atomic E-state index is 0.323. The Labute approximate surface area is 155 Å². The number of hydrogen-bond acceptors (Lipinski definition) is 4. The molecular formula is C20H29N5O. The van der Waals surface area contributed by atoms with E-state index in [1.54, 1.807) is 0 Å². The number of imidazole rings is 1. The molecule has 0 aromatic carbocycles. The normalized spacial score (nSPS) is 24.2. The molecule has 2 N–H and O–H groups in total. The molecule has 6 heteroatoms. The van der Waals surface area contributed by atoms with E-state index < -0.39 is 0 Å². The summed E-state index contributed by atoms with van der Waals surface area (Å²) < 4.78 is 2.16. The molecule has 0 unspecified atom stereocenters. The van der Waals surface area contributed by atoms with Gasteiger partial charge < -0.3 is 15.0 Å². The standard InChI is InChI=1S/C20H29N5O/c1-15-22-17(19-5-2-3-10-24(15)19)14-23-12-8-18-16(13-23)6-7-20(26)25(18)11-4-9-21/h2-3,5,10,16,18H,4,6-9,11-14,21H2,1H3/t16-,18+/m0/s1. The first-order valence-corrected chi connectivity index (χ1v) is 9.82. The number of piperidine rings is 2. The molecule has 26 heavy (non-hydrogen) atoms. The first-order chi connectivity index (χ1) is 12.7. The third-order valence-corrected chi connectivity index (χ3v) is 6.01. The van der Waals surface area contributed by atoms with Crippen LogP contribution in [0.2, 0.25) is 0 Å². The lowest BCUT2D eigenvalue weighted by Crippen LogP contribution is -2.56. The summed E-state index contributed by atoms with van der Waals surface area (Å²) in [5.74, 6) is 1.94. The van der Waals surface area contributed by atoms with E-state index in [9.17, 15) is 4.79 Å². The third kappa shape index (κ3) is 3.23. The molecule has 6 nitrogen and oxygen atoms in total. The SMILES string of the molecule is Cc1nc(CN2CC[C@@H]3[C@@H](CCC(=O)N3CCCN)C2)c2ccccn12. The first-order valence-electron chi connectivity index (χ1n) is 9.82. The Morgan fingerprint density at radius 3 is 3.04 bits per heavy atom. The Hall–Kier alpha value is -1.92. The van der Waals surface area contributed by atoms with Crippen LogP contribution >= 0.6 is 0 Å². The lowest BCUT2D eigenvalue weighted by Gasteiger charge is -2.47. The summed E-state index contributed by atoms with van der Waals surface area (Å²) in [6.07, 6.45) is 5.74. The highest BCUT2D eigenvalue weighted by Gasteiger charge is 2.39. The lowest BCUT2D eigenvalue weighted by molar-refractivity contribution is -0.141. The van der Waals surface area contributed by atoms with Gasteiger partial charge in [-0.25, -0.2) is 4.98 Å². The van der Waals surface area contributed by atoms with Crippen LogP contribution < -0.4 is 5.73 Å². The van der Waals surface area contributed by atoms with Crippen molar-refractivity contribution in [1.29, 1.82) is 0 Å². The summed E-state index contributed by atoms with van der Waals surface area (Å²) in [4.78, 5) is 21.8. The molecule has 4 heterocycles. The number of carbonyl (C=O) groups excluding carboxylic acids is 1. The molecule has 140 valence electrons. The Bertz CT molecular complexity index is 786. The highest BCUT2D eigenvalue weighted by molar-refractivity contribution is 5.77. The van der Waals surface area contributed by atoms with Gasteiger partial charge in [-0.1, -0.05) is 6.07 Å². The number of nitrogens with zero attached hydrogens (tertiary/aromatic N) is 4. The monoisotopic (exact) mass is 355 g/mol. The van der Waals surface area contributed by atoms with Crippen LogP contribution in [0.5, 0.6) is 0 Å². The molecule has 2 fully saturated rings. The van der Waals surface area contributed by atoms with Gasteiger partial charge in [-0.05, 0) is 50.8 Å². The Morgan fingerprint density at radius 1 is 1.31 bits per heavy atom. The van der Waals surface area contributed by atoms with Gasteiger partial charge in [0.05, 0.1) is 11.2 Å². The van der Waals surface area contributed by atoms with Crippen molar-refractivity contribution in [2.24, 2.45) is 11.7 Å². The van der Waals surface area contributed by atoms with Crippen LogP contribution in [0.25, 0.3) is 5.52 Å². The number of nitrogens with two attached hydrogens (primary N) is 1. The number of aromatic nitrogens is 2. The Kier molecular flexibility index (Phi) is 4.96. The van der Waals surface area contributed by atoms with Gasteiger partial charge in [-0.3, -0.25) is 9.69 Å². The van der Waals surface area contributed by atoms with Gasteiger partial charge in [0.1, 0.15) is 5.82 Å². The summed E-state index contributed by atoms with van der Waals surface area (Å²) >= 11 is 0. The maximum atomic E-state index is 12.3. The molecule has 0 saturated carbocycles. The smallest absolute Gasteiger partial charge is 0.222 e. The number of likely N-dealkylation sites (tertiary alicyclic amines) is 2. The average molecular weight is 355 g/mol. The van der Waals surface area contributed by atoms with Crippen molar-refractivity contribution >= 4 is 11.4 Å². The van der Waals surface area contributed by atoms with Gasteiger partial charge in [0.2, 0.25) is 5.91 Å². The predicted octanol–water partition coefficient (Wildman–Crippen LogP) is 1.80. The number of amides is 1. The number of fused-ring (bicyclic) bond motifs is 2. The molecule has 0 radical (unpaired) electrons. The molecule has 2 aliphatic heterocycles. The zero-order valence-electron chi connectivity index (χ0n) is 15.6. The van der Waals surface area contributed by atoms with Crippen LogP contribution in [0.15, 0.2) is 24.4 Å². The molecule has 2 aromatic rings. The molecule has 1 amide bonds. The van der Waals surface area contributed by atoms with Crippen LogP contribution in [0.3, 0.4) is 0 Å². The zero-order chi connectivity index (χ0) is 18.1. The van der Waals surface area contributed by atoms with Crippen molar-refractivity contribution in [3.8, 4) is 0 Å². The molecule has 0 aliphatic carbocycles. The van der Waals surface area contributed by atoms with Gasteiger partial charge in [0.25, 0.3) is 0 Å². The maximum Gasteiger partial charge on any atom is 0.222 e. The molecule has 2 saturated heterocycles. The largest absolute Gasteiger partial charge is 0.339 e. The second-order valence-corrected chi connectivity index (χ2v) is 7.68. The minimum absolute atomic E-state index is 0.323. The molecule has 2 atom stereocenters. The van der Waals surface area contributed by atoms with Crippen LogP contribution in [0.1, 0.15) is 37.2 Å². The average Bonchev–Trinajstić information content (AvgIpc) is 2.97. The molecule has 0 bridgehead atoms. The zero-order valence-corrected chi connectivity index (χ0v) is 15.6. The fourth-order valence-electron chi connectivity index (χ4n) is 4.72. The van der Waals surface area contributed by atoms with Crippen LogP contribution in [-0.2, 0) is 11.3 Å². The number of hydrogen-bond donors (Lipinski definition) is 1. The molecular weight excluding hydrogens is 326 g/mol. The third-order valence-electron chi connectivity index (χ3n) is 6.01. The summed E-state index contributed by atoms with van der Waals surface area (Å²) in [5.41, 5.74) is 8.02. The van der Waals surface area contributed by atoms with Crippen LogP contribution in [0.4, 0.5) is 0 Å². The van der Waals surface area contributed by atoms with Crippen molar-refractivity contribution in [2.45, 2.75) is 45.2 Å². The number of rotatable bonds is 5. The van der Waals surface area contributed by atoms with Crippen molar-refractivity contribution in [3.05, 3.63) is 35.9 Å². The number of carbonyl (C=O) groups is 1. The maximum absolute atomic E-state index is 12.3. The second kappa shape index (κ2) is 7.37. The molecule has 0 spiro atoms. The number of pyridine rings is 1. The van der Waals surface area contributed by atoms with Gasteiger partial charge >= 0.3 is 0 Å². The highest BCUT2D eigenvalue weighted by Crippen LogP contribution is 2.32. The molecule has 2 aliphatic rings. The topological polar surface area (TPSA) is 66.9 Å². The minimum Gasteiger partial charge on any atom is -0.339 e. The van der Waals surface area contributed by atoms with Gasteiger partial charge in [-0.15, -0.1) is 0 Å². The van der Waals surface area contributed by atoms with E-state index in [-0.39, 0.29) is 0 Å². The predicted molar refractivity (Wildman–Crippen MR) is 102 cm³/mol. The van der Waals surface area contributed by atoms with Gasteiger partial charge in [0, 0.05) is 44.8 Å². The van der Waals surface area contributed by atoms with E-state index in [0.717, 1.165) is 57.0 Å². The molecule has 2 aromatic heterocycles. The Balaban J connectivity index is 1.46. The van der Waals surface area contributed by atoms with Crippen LogP contribution in [-0.4, -0.2) is 57.3 Å².